The number of nitrogen functional groups attached to an aromatic ring is 1. The van der Waals surface area contributed by atoms with Crippen molar-refractivity contribution in [2.45, 2.75) is 62.5 Å². The van der Waals surface area contributed by atoms with E-state index in [1.807, 2.05) is 65.5 Å². The molecule has 1 amide bonds. The van der Waals surface area contributed by atoms with Crippen molar-refractivity contribution in [3.63, 3.8) is 0 Å². The Morgan fingerprint density at radius 2 is 1.80 bits per heavy atom. The van der Waals surface area contributed by atoms with Crippen molar-refractivity contribution in [1.82, 2.24) is 29.9 Å². The average Bonchev–Trinajstić information content (AvgIpc) is 3.83. The van der Waals surface area contributed by atoms with E-state index >= 15 is 8.78 Å². The Hall–Kier alpha value is -4.27. The first-order valence-electron chi connectivity index (χ1n) is 17.6. The van der Waals surface area contributed by atoms with Crippen LogP contribution in [0.5, 0.6) is 0 Å². The normalized spacial score (nSPS) is 22.6. The second-order valence-corrected chi connectivity index (χ2v) is 14.0. The predicted octanol–water partition coefficient (Wildman–Crippen LogP) is 3.80. The predicted molar refractivity (Wildman–Crippen MR) is 189 cm³/mol. The van der Waals surface area contributed by atoms with Gasteiger partial charge in [0, 0.05) is 69.7 Å². The van der Waals surface area contributed by atoms with Crippen molar-refractivity contribution in [3.05, 3.63) is 89.4 Å². The van der Waals surface area contributed by atoms with Gasteiger partial charge in [0.2, 0.25) is 0 Å². The minimum Gasteiger partial charge on any atom is -0.394 e. The van der Waals surface area contributed by atoms with Gasteiger partial charge in [0.15, 0.2) is 0 Å². The molecule has 0 spiro atoms. The summed E-state index contributed by atoms with van der Waals surface area (Å²) in [6.45, 7) is 2.49. The van der Waals surface area contributed by atoms with Crippen LogP contribution in [0.25, 0.3) is 22.3 Å². The first-order valence-corrected chi connectivity index (χ1v) is 17.6. The van der Waals surface area contributed by atoms with Crippen LogP contribution in [0.1, 0.15) is 52.4 Å². The Labute approximate surface area is 296 Å². The zero-order chi connectivity index (χ0) is 35.7. The van der Waals surface area contributed by atoms with Crippen LogP contribution in [-0.2, 0) is 24.8 Å². The molecule has 0 radical (unpaired) electrons. The number of aliphatic hydroxyl groups excluding tert-OH is 2. The number of aryl methyl sites for hydroxylation is 1. The topological polar surface area (TPSA) is 142 Å². The molecule has 2 aromatic carbocycles. The molecule has 13 heteroatoms. The van der Waals surface area contributed by atoms with Crippen molar-refractivity contribution in [2.24, 2.45) is 7.05 Å². The fourth-order valence-electron chi connectivity index (χ4n) is 7.73. The number of pyridine rings is 1. The molecule has 1 aliphatic heterocycles. The SMILES string of the molecule is Cn1cc(-c2cnc(N)c(C(=O)N[C@H]3CCC[C@@H]3OCc3ccc(-c4ccc5c(c4)CC(F)(F)C5N4CCN(CC(O)CO)CC4)cc3)c2)cn1. The van der Waals surface area contributed by atoms with E-state index in [0.717, 1.165) is 47.1 Å². The van der Waals surface area contributed by atoms with Gasteiger partial charge in [-0.2, -0.15) is 5.10 Å². The highest BCUT2D eigenvalue weighted by Crippen LogP contribution is 2.48. The number of halogens is 2. The lowest BCUT2D eigenvalue weighted by atomic mass is 9.98. The van der Waals surface area contributed by atoms with Crippen LogP contribution in [0.2, 0.25) is 0 Å². The molecule has 7 rings (SSSR count). The largest absolute Gasteiger partial charge is 0.394 e. The molecule has 11 nitrogen and oxygen atoms in total. The zero-order valence-corrected chi connectivity index (χ0v) is 28.7. The van der Waals surface area contributed by atoms with Crippen molar-refractivity contribution in [3.8, 4) is 22.3 Å². The third kappa shape index (κ3) is 7.68. The third-order valence-corrected chi connectivity index (χ3v) is 10.4. The summed E-state index contributed by atoms with van der Waals surface area (Å²) in [7, 11) is 1.83. The molecule has 3 aliphatic rings. The van der Waals surface area contributed by atoms with E-state index < -0.39 is 18.1 Å². The monoisotopic (exact) mass is 701 g/mol. The number of ether oxygens (including phenoxy) is 1. The Balaban J connectivity index is 0.953. The summed E-state index contributed by atoms with van der Waals surface area (Å²) in [4.78, 5) is 21.4. The van der Waals surface area contributed by atoms with E-state index in [-0.39, 0.29) is 36.9 Å². The Kier molecular flexibility index (Phi) is 10.2. The van der Waals surface area contributed by atoms with Gasteiger partial charge in [-0.15, -0.1) is 0 Å². The first kappa shape index (κ1) is 35.1. The van der Waals surface area contributed by atoms with E-state index in [2.05, 4.69) is 15.4 Å². The van der Waals surface area contributed by atoms with Crippen LogP contribution in [0.4, 0.5) is 14.6 Å². The third-order valence-electron chi connectivity index (χ3n) is 10.4. The van der Waals surface area contributed by atoms with Crippen LogP contribution < -0.4 is 11.1 Å². The highest BCUT2D eigenvalue weighted by atomic mass is 19.3. The summed E-state index contributed by atoms with van der Waals surface area (Å²) in [5.41, 5.74) is 12.2. The lowest BCUT2D eigenvalue weighted by Gasteiger charge is -2.40. The molecule has 4 aromatic rings. The summed E-state index contributed by atoms with van der Waals surface area (Å²) in [6, 6.07) is 14.2. The number of nitrogens with zero attached hydrogens (tertiary/aromatic N) is 5. The fourth-order valence-corrected chi connectivity index (χ4v) is 7.73. The van der Waals surface area contributed by atoms with Gasteiger partial charge in [0.1, 0.15) is 5.82 Å². The molecule has 0 bridgehead atoms. The van der Waals surface area contributed by atoms with Crippen molar-refractivity contribution in [1.29, 1.82) is 0 Å². The molecule has 1 saturated carbocycles. The number of aromatic nitrogens is 3. The molecule has 2 aliphatic carbocycles. The molecule has 51 heavy (non-hydrogen) atoms. The molecule has 2 aromatic heterocycles. The van der Waals surface area contributed by atoms with Crippen molar-refractivity contribution < 1.29 is 28.5 Å². The van der Waals surface area contributed by atoms with E-state index in [1.165, 1.54) is 0 Å². The van der Waals surface area contributed by atoms with Crippen molar-refractivity contribution >= 4 is 11.7 Å². The summed E-state index contributed by atoms with van der Waals surface area (Å²) < 4.78 is 38.9. The van der Waals surface area contributed by atoms with Gasteiger partial charge in [0.25, 0.3) is 11.8 Å². The first-order chi connectivity index (χ1) is 24.6. The molecule has 3 heterocycles. The maximum atomic E-state index is 15.5. The number of piperazine rings is 1. The molecule has 2 fully saturated rings. The molecule has 2 unspecified atom stereocenters. The standard InChI is InChI=1S/C38H45F2N7O4/c1-45-20-29(19-43-45)28-16-32(36(41)42-18-28)37(50)44-33-3-2-4-34(33)51-23-24-5-7-25(8-6-24)26-9-10-31-27(15-26)17-38(39,40)35(31)47-13-11-46(12-14-47)21-30(49)22-48/h5-10,15-16,18-20,30,33-35,48-49H,2-4,11-14,17,21-23H2,1H3,(H2,41,42)(H,44,50)/t30?,33-,34-,35?/m0/s1. The highest BCUT2D eigenvalue weighted by Gasteiger charge is 2.50. The number of benzene rings is 2. The Morgan fingerprint density at radius 1 is 1.04 bits per heavy atom. The molecule has 5 N–H and O–H groups in total. The van der Waals surface area contributed by atoms with Crippen LogP contribution in [0, 0.1) is 0 Å². The number of hydrogen-bond acceptors (Lipinski definition) is 9. The van der Waals surface area contributed by atoms with Crippen LogP contribution in [0.15, 0.2) is 67.1 Å². The number of amides is 1. The van der Waals surface area contributed by atoms with Crippen LogP contribution >= 0.6 is 0 Å². The van der Waals surface area contributed by atoms with E-state index in [1.54, 1.807) is 23.1 Å². The van der Waals surface area contributed by atoms with E-state index in [0.29, 0.717) is 56.0 Å². The molecular weight excluding hydrogens is 656 g/mol. The van der Waals surface area contributed by atoms with Crippen molar-refractivity contribution in [2.75, 3.05) is 45.1 Å². The number of hydrogen-bond donors (Lipinski definition) is 4. The minimum absolute atomic E-state index is 0.147. The Morgan fingerprint density at radius 3 is 2.53 bits per heavy atom. The van der Waals surface area contributed by atoms with Gasteiger partial charge >= 0.3 is 0 Å². The summed E-state index contributed by atoms with van der Waals surface area (Å²) in [5, 5.41) is 26.2. The van der Waals surface area contributed by atoms with E-state index in [4.69, 9.17) is 15.6 Å². The number of nitrogens with one attached hydrogen (secondary N) is 1. The average molecular weight is 702 g/mol. The highest BCUT2D eigenvalue weighted by molar-refractivity contribution is 5.99. The second kappa shape index (κ2) is 14.8. The Bertz CT molecular complexity index is 1840. The number of fused-ring (bicyclic) bond motifs is 1. The molecule has 1 saturated heterocycles. The molecule has 4 atom stereocenters. The number of β-amino-alcohol motifs (C(OH)–C–C–N with tert-alkyl or cyclic N) is 1. The van der Waals surface area contributed by atoms with Gasteiger partial charge in [0.05, 0.1) is 49.3 Å². The molecule has 270 valence electrons. The number of anilines is 1. The van der Waals surface area contributed by atoms with Crippen LogP contribution in [-0.4, -0.2) is 104 Å². The van der Waals surface area contributed by atoms with Gasteiger partial charge in [-0.05, 0) is 53.1 Å². The number of alkyl halides is 2. The number of carbonyl (C=O) groups excluding carboxylic acids is 1. The van der Waals surface area contributed by atoms with Crippen LogP contribution in [0.3, 0.4) is 0 Å². The lowest BCUT2D eigenvalue weighted by Crippen LogP contribution is -2.52. The summed E-state index contributed by atoms with van der Waals surface area (Å²) >= 11 is 0. The quantitative estimate of drug-likeness (QED) is 0.184. The summed E-state index contributed by atoms with van der Waals surface area (Å²) in [6.07, 6.45) is 6.49. The number of rotatable bonds is 11. The number of aliphatic hydroxyl groups is 2. The minimum atomic E-state index is -2.88. The summed E-state index contributed by atoms with van der Waals surface area (Å²) in [5.74, 6) is -2.99. The maximum Gasteiger partial charge on any atom is 0.271 e. The van der Waals surface area contributed by atoms with E-state index in [9.17, 15) is 9.90 Å². The number of nitrogens with two attached hydrogens (primary N) is 1. The molecular formula is C38H45F2N7O4. The smallest absolute Gasteiger partial charge is 0.271 e. The van der Waals surface area contributed by atoms with Gasteiger partial charge < -0.3 is 26.0 Å². The number of carbonyl (C=O) groups is 1. The van der Waals surface area contributed by atoms with Gasteiger partial charge in [-0.25, -0.2) is 13.8 Å². The fraction of sp³-hybridized carbons (Fsp3) is 0.447. The second-order valence-electron chi connectivity index (χ2n) is 14.0. The van der Waals surface area contributed by atoms with Gasteiger partial charge in [-0.3, -0.25) is 19.3 Å². The maximum absolute atomic E-state index is 15.5. The van der Waals surface area contributed by atoms with Gasteiger partial charge in [-0.1, -0.05) is 42.5 Å². The zero-order valence-electron chi connectivity index (χ0n) is 28.7. The lowest BCUT2D eigenvalue weighted by molar-refractivity contribution is -0.0838.